The highest BCUT2D eigenvalue weighted by atomic mass is 35.5. The third-order valence-corrected chi connectivity index (χ3v) is 6.38. The van der Waals surface area contributed by atoms with Gasteiger partial charge in [0, 0.05) is 49.2 Å². The summed E-state index contributed by atoms with van der Waals surface area (Å²) in [5.41, 5.74) is 2.47. The number of methoxy groups -OCH3 is 2. The second kappa shape index (κ2) is 13.9. The van der Waals surface area contributed by atoms with Crippen molar-refractivity contribution >= 4 is 23.4 Å². The molecule has 2 amide bonds. The van der Waals surface area contributed by atoms with Gasteiger partial charge in [-0.25, -0.2) is 0 Å². The van der Waals surface area contributed by atoms with Crippen molar-refractivity contribution in [3.8, 4) is 5.75 Å². The molecule has 198 valence electrons. The predicted octanol–water partition coefficient (Wildman–Crippen LogP) is 4.97. The number of carbonyl (C=O) groups is 2. The van der Waals surface area contributed by atoms with Gasteiger partial charge in [-0.1, -0.05) is 49.7 Å². The van der Waals surface area contributed by atoms with Crippen LogP contribution in [0.2, 0.25) is 5.02 Å². The van der Waals surface area contributed by atoms with Crippen LogP contribution in [-0.2, 0) is 22.6 Å². The molecule has 8 heteroatoms. The summed E-state index contributed by atoms with van der Waals surface area (Å²) in [5.74, 6) is 0.490. The standard InChI is InChI=1S/C29H36ClN3O4/c1-22(2)18-33(20-25-11-8-14-31(25)19-24-9-5-6-13-27(24)30)28(34)21-32(15-16-36-3)29(35)23-10-7-12-26(17-23)37-4/h5-14,17,22H,15-16,18-21H2,1-4H3. The quantitative estimate of drug-likeness (QED) is 0.316. The molecule has 0 aliphatic heterocycles. The minimum Gasteiger partial charge on any atom is -0.497 e. The van der Waals surface area contributed by atoms with Crippen molar-refractivity contribution in [3.05, 3.63) is 88.7 Å². The molecule has 0 saturated heterocycles. The lowest BCUT2D eigenvalue weighted by atomic mass is 10.1. The van der Waals surface area contributed by atoms with Crippen LogP contribution < -0.4 is 4.74 Å². The summed E-state index contributed by atoms with van der Waals surface area (Å²) in [6.07, 6.45) is 1.99. The molecular weight excluding hydrogens is 490 g/mol. The van der Waals surface area contributed by atoms with Crippen LogP contribution in [0.3, 0.4) is 0 Å². The van der Waals surface area contributed by atoms with Crippen LogP contribution in [-0.4, -0.2) is 66.6 Å². The van der Waals surface area contributed by atoms with Crippen LogP contribution in [0, 0.1) is 5.92 Å². The molecule has 0 bridgehead atoms. The highest BCUT2D eigenvalue weighted by Crippen LogP contribution is 2.19. The summed E-state index contributed by atoms with van der Waals surface area (Å²) < 4.78 is 12.6. The highest BCUT2D eigenvalue weighted by molar-refractivity contribution is 6.31. The maximum atomic E-state index is 13.6. The van der Waals surface area contributed by atoms with E-state index in [9.17, 15) is 9.59 Å². The largest absolute Gasteiger partial charge is 0.497 e. The van der Waals surface area contributed by atoms with E-state index in [0.29, 0.717) is 49.1 Å². The topological polar surface area (TPSA) is 64.0 Å². The van der Waals surface area contributed by atoms with Crippen molar-refractivity contribution in [2.24, 2.45) is 5.92 Å². The summed E-state index contributed by atoms with van der Waals surface area (Å²) in [6, 6.07) is 18.7. The fraction of sp³-hybridized carbons (Fsp3) is 0.379. The van der Waals surface area contributed by atoms with Gasteiger partial charge in [-0.2, -0.15) is 0 Å². The minimum absolute atomic E-state index is 0.0443. The van der Waals surface area contributed by atoms with Gasteiger partial charge in [-0.05, 0) is 47.9 Å². The van der Waals surface area contributed by atoms with Crippen LogP contribution in [0.25, 0.3) is 0 Å². The van der Waals surface area contributed by atoms with Crippen LogP contribution in [0.15, 0.2) is 66.9 Å². The van der Waals surface area contributed by atoms with Crippen molar-refractivity contribution < 1.29 is 19.1 Å². The van der Waals surface area contributed by atoms with Gasteiger partial charge in [-0.15, -0.1) is 0 Å². The molecular formula is C29H36ClN3O4. The fourth-order valence-corrected chi connectivity index (χ4v) is 4.30. The number of aromatic nitrogens is 1. The zero-order valence-corrected chi connectivity index (χ0v) is 22.8. The number of benzene rings is 2. The van der Waals surface area contributed by atoms with E-state index < -0.39 is 0 Å². The first-order valence-electron chi connectivity index (χ1n) is 12.4. The van der Waals surface area contributed by atoms with Crippen molar-refractivity contribution in [3.63, 3.8) is 0 Å². The van der Waals surface area contributed by atoms with Gasteiger partial charge in [0.05, 0.1) is 20.3 Å². The van der Waals surface area contributed by atoms with E-state index in [1.807, 2.05) is 47.5 Å². The summed E-state index contributed by atoms with van der Waals surface area (Å²) >= 11 is 6.38. The molecule has 37 heavy (non-hydrogen) atoms. The second-order valence-corrected chi connectivity index (χ2v) is 9.75. The van der Waals surface area contributed by atoms with E-state index in [0.717, 1.165) is 11.3 Å². The van der Waals surface area contributed by atoms with Crippen molar-refractivity contribution in [2.45, 2.75) is 26.9 Å². The van der Waals surface area contributed by atoms with Crippen LogP contribution in [0.4, 0.5) is 0 Å². The molecule has 0 spiro atoms. The molecule has 0 fully saturated rings. The summed E-state index contributed by atoms with van der Waals surface area (Å²) in [6.45, 7) is 6.35. The lowest BCUT2D eigenvalue weighted by Crippen LogP contribution is -2.45. The van der Waals surface area contributed by atoms with Crippen LogP contribution in [0.5, 0.6) is 5.75 Å². The average Bonchev–Trinajstić information content (AvgIpc) is 3.33. The number of halogens is 1. The molecule has 2 aromatic carbocycles. The van der Waals surface area contributed by atoms with Crippen LogP contribution >= 0.6 is 11.6 Å². The first-order chi connectivity index (χ1) is 17.8. The first kappa shape index (κ1) is 28.3. The molecule has 0 atom stereocenters. The smallest absolute Gasteiger partial charge is 0.254 e. The maximum absolute atomic E-state index is 13.6. The third-order valence-electron chi connectivity index (χ3n) is 6.01. The predicted molar refractivity (Wildman–Crippen MR) is 146 cm³/mol. The van der Waals surface area contributed by atoms with E-state index in [-0.39, 0.29) is 24.3 Å². The minimum atomic E-state index is -0.240. The molecule has 0 aliphatic carbocycles. The second-order valence-electron chi connectivity index (χ2n) is 9.34. The molecule has 0 aliphatic rings. The number of carbonyl (C=O) groups excluding carboxylic acids is 2. The Morgan fingerprint density at radius 1 is 1.00 bits per heavy atom. The van der Waals surface area contributed by atoms with Crippen molar-refractivity contribution in [2.75, 3.05) is 40.5 Å². The molecule has 7 nitrogen and oxygen atoms in total. The van der Waals surface area contributed by atoms with Gasteiger partial charge in [0.25, 0.3) is 5.91 Å². The summed E-state index contributed by atoms with van der Waals surface area (Å²) in [4.78, 5) is 30.3. The van der Waals surface area contributed by atoms with Crippen molar-refractivity contribution in [1.29, 1.82) is 0 Å². The lowest BCUT2D eigenvalue weighted by molar-refractivity contribution is -0.133. The molecule has 0 radical (unpaired) electrons. The van der Waals surface area contributed by atoms with Crippen molar-refractivity contribution in [1.82, 2.24) is 14.4 Å². The first-order valence-corrected chi connectivity index (χ1v) is 12.8. The number of amides is 2. The molecule has 0 unspecified atom stereocenters. The lowest BCUT2D eigenvalue weighted by Gasteiger charge is -2.29. The summed E-state index contributed by atoms with van der Waals surface area (Å²) in [7, 11) is 3.13. The fourth-order valence-electron chi connectivity index (χ4n) is 4.10. The Balaban J connectivity index is 1.79. The van der Waals surface area contributed by atoms with Gasteiger partial charge in [0.15, 0.2) is 0 Å². The Morgan fingerprint density at radius 2 is 1.78 bits per heavy atom. The van der Waals surface area contributed by atoms with Gasteiger partial charge < -0.3 is 23.8 Å². The molecule has 0 N–H and O–H groups in total. The highest BCUT2D eigenvalue weighted by Gasteiger charge is 2.24. The molecule has 0 saturated carbocycles. The van der Waals surface area contributed by atoms with E-state index in [2.05, 4.69) is 18.4 Å². The van der Waals surface area contributed by atoms with E-state index in [1.54, 1.807) is 38.5 Å². The Hall–Kier alpha value is -3.29. The Bertz CT molecular complexity index is 1180. The van der Waals surface area contributed by atoms with Gasteiger partial charge in [-0.3, -0.25) is 9.59 Å². The van der Waals surface area contributed by atoms with Gasteiger partial charge >= 0.3 is 0 Å². The van der Waals surface area contributed by atoms with Gasteiger partial charge in [0.1, 0.15) is 12.3 Å². The number of hydrogen-bond donors (Lipinski definition) is 0. The van der Waals surface area contributed by atoms with E-state index in [4.69, 9.17) is 21.1 Å². The normalized spacial score (nSPS) is 11.0. The zero-order valence-electron chi connectivity index (χ0n) is 22.0. The summed E-state index contributed by atoms with van der Waals surface area (Å²) in [5, 5.41) is 0.710. The van der Waals surface area contributed by atoms with Crippen LogP contribution in [0.1, 0.15) is 35.5 Å². The Morgan fingerprint density at radius 3 is 2.49 bits per heavy atom. The molecule has 3 rings (SSSR count). The number of rotatable bonds is 13. The SMILES string of the molecule is COCCN(CC(=O)N(Cc1cccn1Cc1ccccc1Cl)CC(C)C)C(=O)c1cccc(OC)c1. The Kier molecular flexibility index (Phi) is 10.6. The number of nitrogens with zero attached hydrogens (tertiary/aromatic N) is 3. The van der Waals surface area contributed by atoms with E-state index in [1.165, 1.54) is 4.90 Å². The molecule has 1 aromatic heterocycles. The number of hydrogen-bond acceptors (Lipinski definition) is 4. The van der Waals surface area contributed by atoms with E-state index >= 15 is 0 Å². The molecule has 1 heterocycles. The number of ether oxygens (including phenoxy) is 2. The van der Waals surface area contributed by atoms with Gasteiger partial charge in [0.2, 0.25) is 5.91 Å². The zero-order chi connectivity index (χ0) is 26.8. The Labute approximate surface area is 224 Å². The maximum Gasteiger partial charge on any atom is 0.254 e. The monoisotopic (exact) mass is 525 g/mol. The average molecular weight is 526 g/mol. The molecule has 3 aromatic rings. The third kappa shape index (κ3) is 8.10.